The maximum atomic E-state index is 12.6. The molecule has 2 heterocycles. The third kappa shape index (κ3) is 4.73. The van der Waals surface area contributed by atoms with Gasteiger partial charge in [-0.3, -0.25) is 4.79 Å². The SMILES string of the molecule is Cc1cc(Br)c(NC(=O)CSc2ncnc3scc(-c4ccc(Cl)cc4)c23)c(Br)c1. The number of amides is 1. The van der Waals surface area contributed by atoms with Gasteiger partial charge >= 0.3 is 0 Å². The van der Waals surface area contributed by atoms with Crippen LogP contribution < -0.4 is 5.32 Å². The van der Waals surface area contributed by atoms with E-state index in [4.69, 9.17) is 11.6 Å². The van der Waals surface area contributed by atoms with Gasteiger partial charge in [0, 0.05) is 24.9 Å². The molecule has 0 aliphatic heterocycles. The van der Waals surface area contributed by atoms with Crippen LogP contribution in [-0.2, 0) is 4.79 Å². The topological polar surface area (TPSA) is 54.9 Å². The molecular weight excluding hydrogens is 570 g/mol. The van der Waals surface area contributed by atoms with Crippen LogP contribution in [0.25, 0.3) is 21.3 Å². The summed E-state index contributed by atoms with van der Waals surface area (Å²) in [6.45, 7) is 2.00. The number of nitrogens with zero attached hydrogens (tertiary/aromatic N) is 2. The molecule has 4 rings (SSSR count). The van der Waals surface area contributed by atoms with Gasteiger partial charge in [0.25, 0.3) is 0 Å². The maximum Gasteiger partial charge on any atom is 0.234 e. The van der Waals surface area contributed by atoms with E-state index in [1.54, 1.807) is 11.3 Å². The molecule has 0 radical (unpaired) electrons. The molecule has 0 aliphatic rings. The molecule has 0 bridgehead atoms. The number of hydrogen-bond acceptors (Lipinski definition) is 5. The van der Waals surface area contributed by atoms with Crippen LogP contribution in [0.4, 0.5) is 5.69 Å². The molecule has 0 unspecified atom stereocenters. The number of thioether (sulfide) groups is 1. The number of thiophene rings is 1. The monoisotopic (exact) mass is 581 g/mol. The van der Waals surface area contributed by atoms with E-state index in [9.17, 15) is 4.79 Å². The summed E-state index contributed by atoms with van der Waals surface area (Å²) in [5.41, 5.74) is 3.89. The minimum Gasteiger partial charge on any atom is -0.323 e. The first-order valence-corrected chi connectivity index (χ1v) is 12.6. The van der Waals surface area contributed by atoms with Gasteiger partial charge in [-0.2, -0.15) is 0 Å². The van der Waals surface area contributed by atoms with Crippen molar-refractivity contribution in [2.24, 2.45) is 0 Å². The first-order chi connectivity index (χ1) is 14.4. The van der Waals surface area contributed by atoms with E-state index in [1.807, 2.05) is 43.3 Å². The lowest BCUT2D eigenvalue weighted by Gasteiger charge is -2.11. The first kappa shape index (κ1) is 21.8. The number of carbonyl (C=O) groups excluding carboxylic acids is 1. The highest BCUT2D eigenvalue weighted by molar-refractivity contribution is 9.11. The van der Waals surface area contributed by atoms with Crippen molar-refractivity contribution in [1.82, 2.24) is 9.97 Å². The number of hydrogen-bond donors (Lipinski definition) is 1. The molecule has 1 amide bonds. The molecular formula is C21H14Br2ClN3OS2. The number of benzene rings is 2. The van der Waals surface area contributed by atoms with Crippen molar-refractivity contribution in [3.63, 3.8) is 0 Å². The predicted octanol–water partition coefficient (Wildman–Crippen LogP) is 7.58. The van der Waals surface area contributed by atoms with Gasteiger partial charge in [0.1, 0.15) is 16.2 Å². The second-order valence-electron chi connectivity index (χ2n) is 6.46. The Morgan fingerprint density at radius 2 is 1.87 bits per heavy atom. The second-order valence-corrected chi connectivity index (χ2v) is 10.4. The number of fused-ring (bicyclic) bond motifs is 1. The van der Waals surface area contributed by atoms with Gasteiger partial charge in [-0.25, -0.2) is 9.97 Å². The highest BCUT2D eigenvalue weighted by Crippen LogP contribution is 2.38. The fourth-order valence-electron chi connectivity index (χ4n) is 2.93. The number of anilines is 1. The van der Waals surface area contributed by atoms with Crippen molar-refractivity contribution in [2.45, 2.75) is 11.9 Å². The molecule has 0 saturated heterocycles. The summed E-state index contributed by atoms with van der Waals surface area (Å²) in [4.78, 5) is 22.3. The standard InChI is InChI=1S/C21H14Br2ClN3OS2/c1-11-6-15(22)19(16(23)7-11)27-17(28)9-30-21-18-14(8-29-20(18)25-10-26-21)12-2-4-13(24)5-3-12/h2-8,10H,9H2,1H3,(H,27,28). The van der Waals surface area contributed by atoms with Crippen LogP contribution in [0.3, 0.4) is 0 Å². The van der Waals surface area contributed by atoms with Crippen molar-refractivity contribution in [3.05, 3.63) is 67.6 Å². The molecule has 9 heteroatoms. The summed E-state index contributed by atoms with van der Waals surface area (Å²) in [6.07, 6.45) is 1.54. The van der Waals surface area contributed by atoms with Crippen molar-refractivity contribution in [1.29, 1.82) is 0 Å². The maximum absolute atomic E-state index is 12.6. The fourth-order valence-corrected chi connectivity index (χ4v) is 6.46. The van der Waals surface area contributed by atoms with Crippen molar-refractivity contribution >= 4 is 88.4 Å². The van der Waals surface area contributed by atoms with Crippen LogP contribution in [0.2, 0.25) is 5.02 Å². The van der Waals surface area contributed by atoms with Crippen LogP contribution in [0.15, 0.2) is 62.1 Å². The zero-order chi connectivity index (χ0) is 21.3. The van der Waals surface area contributed by atoms with Crippen LogP contribution in [0.1, 0.15) is 5.56 Å². The largest absolute Gasteiger partial charge is 0.323 e. The summed E-state index contributed by atoms with van der Waals surface area (Å²) in [5, 5.41) is 7.45. The molecule has 4 nitrogen and oxygen atoms in total. The Kier molecular flexibility index (Phi) is 6.79. The van der Waals surface area contributed by atoms with Crippen LogP contribution >= 0.6 is 66.6 Å². The fraction of sp³-hybridized carbons (Fsp3) is 0.0952. The third-order valence-corrected chi connectivity index (χ3v) is 7.66. The molecule has 4 aromatic rings. The average Bonchev–Trinajstić information content (AvgIpc) is 3.14. The van der Waals surface area contributed by atoms with E-state index in [0.717, 1.165) is 46.6 Å². The Labute approximate surface area is 203 Å². The van der Waals surface area contributed by atoms with Gasteiger partial charge in [0.05, 0.1) is 16.8 Å². The molecule has 0 atom stereocenters. The molecule has 0 fully saturated rings. The zero-order valence-electron chi connectivity index (χ0n) is 15.6. The number of aromatic nitrogens is 2. The summed E-state index contributed by atoms with van der Waals surface area (Å²) < 4.78 is 1.67. The van der Waals surface area contributed by atoms with E-state index >= 15 is 0 Å². The Hall–Kier alpha value is -1.45. The summed E-state index contributed by atoms with van der Waals surface area (Å²) in [5.74, 6) is 0.120. The lowest BCUT2D eigenvalue weighted by molar-refractivity contribution is -0.113. The van der Waals surface area contributed by atoms with E-state index in [0.29, 0.717) is 5.02 Å². The molecule has 152 valence electrons. The second kappa shape index (κ2) is 9.36. The molecule has 0 aliphatic carbocycles. The predicted molar refractivity (Wildman–Crippen MR) is 134 cm³/mol. The molecule has 30 heavy (non-hydrogen) atoms. The molecule has 2 aromatic carbocycles. The third-order valence-electron chi connectivity index (χ3n) is 4.28. The zero-order valence-corrected chi connectivity index (χ0v) is 21.1. The lowest BCUT2D eigenvalue weighted by Crippen LogP contribution is -2.15. The minimum atomic E-state index is -0.111. The van der Waals surface area contributed by atoms with E-state index in [-0.39, 0.29) is 11.7 Å². The minimum absolute atomic E-state index is 0.111. The van der Waals surface area contributed by atoms with Gasteiger partial charge in [-0.15, -0.1) is 11.3 Å². The van der Waals surface area contributed by atoms with Gasteiger partial charge < -0.3 is 5.32 Å². The van der Waals surface area contributed by atoms with E-state index in [2.05, 4.69) is 52.5 Å². The Morgan fingerprint density at radius 1 is 1.17 bits per heavy atom. The van der Waals surface area contributed by atoms with Crippen molar-refractivity contribution in [3.8, 4) is 11.1 Å². The van der Waals surface area contributed by atoms with Gasteiger partial charge in [-0.05, 0) is 74.2 Å². The Morgan fingerprint density at radius 3 is 2.57 bits per heavy atom. The number of aryl methyl sites for hydroxylation is 1. The molecule has 2 aromatic heterocycles. The molecule has 1 N–H and O–H groups in total. The lowest BCUT2D eigenvalue weighted by atomic mass is 10.1. The summed E-state index contributed by atoms with van der Waals surface area (Å²) in [7, 11) is 0. The normalized spacial score (nSPS) is 11.1. The van der Waals surface area contributed by atoms with Crippen molar-refractivity contribution in [2.75, 3.05) is 11.1 Å². The quantitative estimate of drug-likeness (QED) is 0.194. The average molecular weight is 584 g/mol. The highest BCUT2D eigenvalue weighted by Gasteiger charge is 2.16. The molecule has 0 spiro atoms. The summed E-state index contributed by atoms with van der Waals surface area (Å²) in [6, 6.07) is 11.6. The first-order valence-electron chi connectivity index (χ1n) is 8.79. The van der Waals surface area contributed by atoms with E-state index < -0.39 is 0 Å². The van der Waals surface area contributed by atoms with E-state index in [1.165, 1.54) is 18.1 Å². The number of halogens is 3. The van der Waals surface area contributed by atoms with Crippen LogP contribution in [0.5, 0.6) is 0 Å². The van der Waals surface area contributed by atoms with Gasteiger partial charge in [0.2, 0.25) is 5.91 Å². The number of carbonyl (C=O) groups is 1. The highest BCUT2D eigenvalue weighted by atomic mass is 79.9. The summed E-state index contributed by atoms with van der Waals surface area (Å²) >= 11 is 16.0. The van der Waals surface area contributed by atoms with Crippen LogP contribution in [-0.4, -0.2) is 21.6 Å². The number of rotatable bonds is 5. The Bertz CT molecular complexity index is 1220. The van der Waals surface area contributed by atoms with Crippen LogP contribution in [0, 0.1) is 6.92 Å². The molecule has 0 saturated carbocycles. The van der Waals surface area contributed by atoms with Crippen molar-refractivity contribution < 1.29 is 4.79 Å². The van der Waals surface area contributed by atoms with Gasteiger partial charge in [-0.1, -0.05) is 35.5 Å². The van der Waals surface area contributed by atoms with Gasteiger partial charge in [0.15, 0.2) is 0 Å². The number of nitrogens with one attached hydrogen (secondary N) is 1. The smallest absolute Gasteiger partial charge is 0.234 e. The Balaban J connectivity index is 1.57.